The van der Waals surface area contributed by atoms with Crippen LogP contribution < -0.4 is 5.73 Å². The second kappa shape index (κ2) is 5.48. The summed E-state index contributed by atoms with van der Waals surface area (Å²) in [6.07, 6.45) is 6.88. The predicted octanol–water partition coefficient (Wildman–Crippen LogP) is 1.35. The predicted molar refractivity (Wildman–Crippen MR) is 66.2 cm³/mol. The van der Waals surface area contributed by atoms with Crippen molar-refractivity contribution in [3.05, 3.63) is 0 Å². The highest BCUT2D eigenvalue weighted by Gasteiger charge is 2.32. The van der Waals surface area contributed by atoms with Gasteiger partial charge in [0.05, 0.1) is 6.10 Å². The molecule has 4 unspecified atom stereocenters. The smallest absolute Gasteiger partial charge is 0.0695 e. The van der Waals surface area contributed by atoms with E-state index in [-0.39, 0.29) is 6.10 Å². The third kappa shape index (κ3) is 2.96. The SMILES string of the molecule is CC1CC(N)CN(C2CCCCCC2O)C1. The van der Waals surface area contributed by atoms with Gasteiger partial charge < -0.3 is 10.8 Å². The van der Waals surface area contributed by atoms with Gasteiger partial charge in [0.1, 0.15) is 0 Å². The van der Waals surface area contributed by atoms with Gasteiger partial charge in [0.2, 0.25) is 0 Å². The van der Waals surface area contributed by atoms with Crippen LogP contribution in [-0.2, 0) is 0 Å². The van der Waals surface area contributed by atoms with Crippen LogP contribution in [0.25, 0.3) is 0 Å². The Hall–Kier alpha value is -0.120. The highest BCUT2D eigenvalue weighted by molar-refractivity contribution is 4.88. The number of nitrogens with zero attached hydrogens (tertiary/aromatic N) is 1. The Morgan fingerprint density at radius 3 is 2.62 bits per heavy atom. The summed E-state index contributed by atoms with van der Waals surface area (Å²) in [4.78, 5) is 2.45. The van der Waals surface area contributed by atoms with Crippen LogP contribution in [0.15, 0.2) is 0 Å². The molecule has 4 atom stereocenters. The van der Waals surface area contributed by atoms with Crippen molar-refractivity contribution < 1.29 is 5.11 Å². The van der Waals surface area contributed by atoms with Crippen LogP contribution in [0.2, 0.25) is 0 Å². The number of hydrogen-bond donors (Lipinski definition) is 2. The topological polar surface area (TPSA) is 49.5 Å². The number of hydrogen-bond acceptors (Lipinski definition) is 3. The Morgan fingerprint density at radius 1 is 1.12 bits per heavy atom. The van der Waals surface area contributed by atoms with Crippen molar-refractivity contribution in [2.75, 3.05) is 13.1 Å². The van der Waals surface area contributed by atoms with E-state index in [0.29, 0.717) is 18.0 Å². The summed E-state index contributed by atoms with van der Waals surface area (Å²) in [6.45, 7) is 4.37. The van der Waals surface area contributed by atoms with Crippen molar-refractivity contribution in [1.29, 1.82) is 0 Å². The van der Waals surface area contributed by atoms with Crippen LogP contribution in [0, 0.1) is 5.92 Å². The quantitative estimate of drug-likeness (QED) is 0.664. The molecule has 1 saturated heterocycles. The molecule has 0 amide bonds. The van der Waals surface area contributed by atoms with Gasteiger partial charge in [-0.2, -0.15) is 0 Å². The summed E-state index contributed by atoms with van der Waals surface area (Å²) in [5, 5.41) is 10.2. The second-order valence-corrected chi connectivity index (χ2v) is 5.83. The van der Waals surface area contributed by atoms with E-state index in [1.807, 2.05) is 0 Å². The average molecular weight is 226 g/mol. The van der Waals surface area contributed by atoms with Gasteiger partial charge in [-0.05, 0) is 25.2 Å². The Morgan fingerprint density at radius 2 is 1.88 bits per heavy atom. The lowest BCUT2D eigenvalue weighted by atomic mass is 9.93. The minimum absolute atomic E-state index is 0.125. The lowest BCUT2D eigenvalue weighted by molar-refractivity contribution is 0.0181. The third-order valence-electron chi connectivity index (χ3n) is 4.13. The van der Waals surface area contributed by atoms with E-state index in [0.717, 1.165) is 32.4 Å². The molecule has 1 aliphatic carbocycles. The van der Waals surface area contributed by atoms with E-state index in [4.69, 9.17) is 5.73 Å². The molecule has 0 radical (unpaired) electrons. The largest absolute Gasteiger partial charge is 0.391 e. The monoisotopic (exact) mass is 226 g/mol. The first-order valence-corrected chi connectivity index (χ1v) is 6.84. The van der Waals surface area contributed by atoms with E-state index >= 15 is 0 Å². The van der Waals surface area contributed by atoms with Crippen LogP contribution >= 0.6 is 0 Å². The number of likely N-dealkylation sites (tertiary alicyclic amines) is 1. The molecular weight excluding hydrogens is 200 g/mol. The molecular formula is C13H26N2O. The minimum atomic E-state index is -0.125. The molecule has 0 aromatic carbocycles. The van der Waals surface area contributed by atoms with Gasteiger partial charge >= 0.3 is 0 Å². The number of aliphatic hydroxyl groups excluding tert-OH is 1. The molecule has 2 aliphatic rings. The third-order valence-corrected chi connectivity index (χ3v) is 4.13. The highest BCUT2D eigenvalue weighted by atomic mass is 16.3. The van der Waals surface area contributed by atoms with Crippen LogP contribution in [0.4, 0.5) is 0 Å². The second-order valence-electron chi connectivity index (χ2n) is 5.83. The van der Waals surface area contributed by atoms with E-state index in [1.165, 1.54) is 19.3 Å². The lowest BCUT2D eigenvalue weighted by Gasteiger charge is -2.41. The van der Waals surface area contributed by atoms with Crippen molar-refractivity contribution in [3.8, 4) is 0 Å². The fourth-order valence-corrected chi connectivity index (χ4v) is 3.41. The van der Waals surface area contributed by atoms with E-state index < -0.39 is 0 Å². The minimum Gasteiger partial charge on any atom is -0.391 e. The number of aliphatic hydroxyl groups is 1. The zero-order valence-electron chi connectivity index (χ0n) is 10.4. The molecule has 3 heteroatoms. The van der Waals surface area contributed by atoms with Crippen molar-refractivity contribution >= 4 is 0 Å². The number of rotatable bonds is 1. The lowest BCUT2D eigenvalue weighted by Crippen LogP contribution is -2.53. The molecule has 0 aromatic heterocycles. The maximum absolute atomic E-state index is 10.2. The van der Waals surface area contributed by atoms with Crippen LogP contribution in [0.1, 0.15) is 45.4 Å². The standard InChI is InChI=1S/C13H26N2O/c1-10-7-11(14)9-15(8-10)12-5-3-2-4-6-13(12)16/h10-13,16H,2-9,14H2,1H3. The fourth-order valence-electron chi connectivity index (χ4n) is 3.41. The van der Waals surface area contributed by atoms with Gasteiger partial charge in [-0.15, -0.1) is 0 Å². The molecule has 3 nitrogen and oxygen atoms in total. The molecule has 2 fully saturated rings. The molecule has 3 N–H and O–H groups in total. The van der Waals surface area contributed by atoms with E-state index in [1.54, 1.807) is 0 Å². The Labute approximate surface area is 99.0 Å². The van der Waals surface area contributed by atoms with Crippen LogP contribution in [0.5, 0.6) is 0 Å². The first-order valence-electron chi connectivity index (χ1n) is 6.84. The molecule has 1 saturated carbocycles. The van der Waals surface area contributed by atoms with Gasteiger partial charge in [0, 0.05) is 25.2 Å². The fraction of sp³-hybridized carbons (Fsp3) is 1.00. The van der Waals surface area contributed by atoms with Gasteiger partial charge in [-0.1, -0.05) is 26.2 Å². The van der Waals surface area contributed by atoms with Crippen LogP contribution in [-0.4, -0.2) is 41.3 Å². The molecule has 2 rings (SSSR count). The van der Waals surface area contributed by atoms with Gasteiger partial charge in [0.25, 0.3) is 0 Å². The van der Waals surface area contributed by atoms with E-state index in [9.17, 15) is 5.11 Å². The molecule has 0 aromatic rings. The number of piperidine rings is 1. The molecule has 16 heavy (non-hydrogen) atoms. The first-order chi connectivity index (χ1) is 7.66. The van der Waals surface area contributed by atoms with Gasteiger partial charge in [0.15, 0.2) is 0 Å². The average Bonchev–Trinajstić information content (AvgIpc) is 2.41. The summed E-state index contributed by atoms with van der Waals surface area (Å²) >= 11 is 0. The number of nitrogens with two attached hydrogens (primary N) is 1. The molecule has 1 heterocycles. The first kappa shape index (κ1) is 12.3. The molecule has 1 aliphatic heterocycles. The molecule has 94 valence electrons. The molecule has 0 bridgehead atoms. The summed E-state index contributed by atoms with van der Waals surface area (Å²) < 4.78 is 0. The van der Waals surface area contributed by atoms with Crippen molar-refractivity contribution in [1.82, 2.24) is 4.90 Å². The summed E-state index contributed by atoms with van der Waals surface area (Å²) in [5.41, 5.74) is 6.08. The van der Waals surface area contributed by atoms with Crippen LogP contribution in [0.3, 0.4) is 0 Å². The summed E-state index contributed by atoms with van der Waals surface area (Å²) in [6, 6.07) is 0.676. The Bertz CT molecular complexity index is 212. The summed E-state index contributed by atoms with van der Waals surface area (Å²) in [5.74, 6) is 0.680. The Balaban J connectivity index is 1.98. The summed E-state index contributed by atoms with van der Waals surface area (Å²) in [7, 11) is 0. The van der Waals surface area contributed by atoms with Gasteiger partial charge in [-0.25, -0.2) is 0 Å². The Kier molecular flexibility index (Phi) is 4.22. The van der Waals surface area contributed by atoms with Crippen molar-refractivity contribution in [2.24, 2.45) is 11.7 Å². The van der Waals surface area contributed by atoms with Gasteiger partial charge in [-0.3, -0.25) is 4.90 Å². The molecule has 0 spiro atoms. The highest BCUT2D eigenvalue weighted by Crippen LogP contribution is 2.26. The van der Waals surface area contributed by atoms with Crippen molar-refractivity contribution in [2.45, 2.75) is 63.6 Å². The zero-order valence-corrected chi connectivity index (χ0v) is 10.4. The zero-order chi connectivity index (χ0) is 11.5. The maximum Gasteiger partial charge on any atom is 0.0695 e. The normalized spacial score (nSPS) is 42.9. The van der Waals surface area contributed by atoms with E-state index in [2.05, 4.69) is 11.8 Å². The maximum atomic E-state index is 10.2. The van der Waals surface area contributed by atoms with Crippen molar-refractivity contribution in [3.63, 3.8) is 0 Å².